The largest absolute Gasteiger partial charge is 0.480 e. The average molecular weight is 273 g/mol. The van der Waals surface area contributed by atoms with Gasteiger partial charge in [-0.15, -0.1) is 0 Å². The standard InChI is InChI=1S/C14H27NO4/c1-10(2)8-9-14(6,11(16)17)15(7)12(18)19-13(3,4)5/h10H,8-9H2,1-7H3,(H,16,17). The minimum Gasteiger partial charge on any atom is -0.480 e. The number of carboxylic acid groups (broad SMARTS) is 1. The molecule has 0 radical (unpaired) electrons. The van der Waals surface area contributed by atoms with Crippen LogP contribution in [0.5, 0.6) is 0 Å². The van der Waals surface area contributed by atoms with Crippen LogP contribution in [0.25, 0.3) is 0 Å². The second kappa shape index (κ2) is 6.26. The third-order valence-corrected chi connectivity index (χ3v) is 3.08. The predicted octanol–water partition coefficient (Wildman–Crippen LogP) is 3.13. The molecule has 0 fully saturated rings. The molecule has 0 aliphatic carbocycles. The smallest absolute Gasteiger partial charge is 0.410 e. The molecule has 112 valence electrons. The Bertz CT molecular complexity index is 333. The number of ether oxygens (including phenoxy) is 1. The number of rotatable bonds is 5. The van der Waals surface area contributed by atoms with Gasteiger partial charge in [-0.25, -0.2) is 9.59 Å². The van der Waals surface area contributed by atoms with Crippen LogP contribution in [0.4, 0.5) is 4.79 Å². The van der Waals surface area contributed by atoms with Gasteiger partial charge in [0.1, 0.15) is 11.1 Å². The van der Waals surface area contributed by atoms with E-state index in [1.54, 1.807) is 27.7 Å². The van der Waals surface area contributed by atoms with E-state index in [-0.39, 0.29) is 0 Å². The number of hydrogen-bond acceptors (Lipinski definition) is 3. The number of carboxylic acids is 1. The van der Waals surface area contributed by atoms with Crippen LogP contribution >= 0.6 is 0 Å². The highest BCUT2D eigenvalue weighted by Gasteiger charge is 2.41. The monoisotopic (exact) mass is 273 g/mol. The van der Waals surface area contributed by atoms with Crippen LogP contribution in [-0.2, 0) is 9.53 Å². The number of aliphatic carboxylic acids is 1. The first kappa shape index (κ1) is 17.7. The van der Waals surface area contributed by atoms with Crippen LogP contribution in [0.15, 0.2) is 0 Å². The van der Waals surface area contributed by atoms with E-state index >= 15 is 0 Å². The Kier molecular flexibility index (Phi) is 5.84. The van der Waals surface area contributed by atoms with Crippen molar-refractivity contribution >= 4 is 12.1 Å². The molecule has 5 nitrogen and oxygen atoms in total. The normalized spacial score (nSPS) is 14.9. The summed E-state index contributed by atoms with van der Waals surface area (Å²) < 4.78 is 5.23. The number of hydrogen-bond donors (Lipinski definition) is 1. The number of carbonyl (C=O) groups excluding carboxylic acids is 1. The van der Waals surface area contributed by atoms with E-state index in [1.807, 2.05) is 13.8 Å². The second-order valence-electron chi connectivity index (χ2n) is 6.55. The molecule has 5 heteroatoms. The molecular formula is C14H27NO4. The molecule has 0 saturated carbocycles. The first-order valence-corrected chi connectivity index (χ1v) is 6.60. The van der Waals surface area contributed by atoms with E-state index in [4.69, 9.17) is 4.74 Å². The van der Waals surface area contributed by atoms with Crippen molar-refractivity contribution in [3.63, 3.8) is 0 Å². The Morgan fingerprint density at radius 2 is 1.68 bits per heavy atom. The second-order valence-corrected chi connectivity index (χ2v) is 6.55. The fourth-order valence-electron chi connectivity index (χ4n) is 1.52. The van der Waals surface area contributed by atoms with E-state index in [0.29, 0.717) is 12.3 Å². The fraction of sp³-hybridized carbons (Fsp3) is 0.857. The summed E-state index contributed by atoms with van der Waals surface area (Å²) in [6.07, 6.45) is 0.521. The van der Waals surface area contributed by atoms with Gasteiger partial charge in [-0.2, -0.15) is 0 Å². The van der Waals surface area contributed by atoms with E-state index in [1.165, 1.54) is 11.9 Å². The van der Waals surface area contributed by atoms with Crippen LogP contribution in [0.1, 0.15) is 54.4 Å². The first-order chi connectivity index (χ1) is 8.40. The lowest BCUT2D eigenvalue weighted by atomic mass is 9.91. The van der Waals surface area contributed by atoms with Crippen LogP contribution in [-0.4, -0.2) is 40.3 Å². The maximum Gasteiger partial charge on any atom is 0.410 e. The Hall–Kier alpha value is -1.26. The molecule has 0 aromatic heterocycles. The van der Waals surface area contributed by atoms with Crippen molar-refractivity contribution in [2.24, 2.45) is 5.92 Å². The van der Waals surface area contributed by atoms with Gasteiger partial charge in [0.05, 0.1) is 0 Å². The lowest BCUT2D eigenvalue weighted by molar-refractivity contribution is -0.150. The molecule has 0 bridgehead atoms. The quantitative estimate of drug-likeness (QED) is 0.835. The van der Waals surface area contributed by atoms with Gasteiger partial charge in [-0.3, -0.25) is 4.90 Å². The molecule has 0 spiro atoms. The van der Waals surface area contributed by atoms with Crippen molar-refractivity contribution in [3.8, 4) is 0 Å². The molecule has 0 saturated heterocycles. The Balaban J connectivity index is 4.97. The molecule has 1 unspecified atom stereocenters. The molecule has 1 N–H and O–H groups in total. The number of carbonyl (C=O) groups is 2. The van der Waals surface area contributed by atoms with Crippen molar-refractivity contribution in [3.05, 3.63) is 0 Å². The Morgan fingerprint density at radius 3 is 2.00 bits per heavy atom. The minimum atomic E-state index is -1.24. The fourth-order valence-corrected chi connectivity index (χ4v) is 1.52. The van der Waals surface area contributed by atoms with Gasteiger partial charge in [-0.1, -0.05) is 13.8 Å². The highest BCUT2D eigenvalue weighted by Crippen LogP contribution is 2.25. The van der Waals surface area contributed by atoms with E-state index in [2.05, 4.69) is 0 Å². The molecule has 1 atom stereocenters. The molecule has 0 aromatic carbocycles. The molecule has 1 amide bonds. The van der Waals surface area contributed by atoms with Crippen molar-refractivity contribution in [2.45, 2.75) is 65.5 Å². The summed E-state index contributed by atoms with van der Waals surface area (Å²) in [5, 5.41) is 9.41. The maximum absolute atomic E-state index is 12.0. The van der Waals surface area contributed by atoms with Crippen molar-refractivity contribution in [1.82, 2.24) is 4.90 Å². The van der Waals surface area contributed by atoms with Gasteiger partial charge in [0, 0.05) is 7.05 Å². The van der Waals surface area contributed by atoms with Crippen molar-refractivity contribution in [1.29, 1.82) is 0 Å². The van der Waals surface area contributed by atoms with Crippen LogP contribution in [0.2, 0.25) is 0 Å². The first-order valence-electron chi connectivity index (χ1n) is 6.60. The number of amides is 1. The highest BCUT2D eigenvalue weighted by molar-refractivity contribution is 5.83. The van der Waals surface area contributed by atoms with Crippen molar-refractivity contribution in [2.75, 3.05) is 7.05 Å². The Morgan fingerprint density at radius 1 is 1.21 bits per heavy atom. The third kappa shape index (κ3) is 5.49. The van der Waals surface area contributed by atoms with Gasteiger partial charge in [-0.05, 0) is 46.5 Å². The molecule has 19 heavy (non-hydrogen) atoms. The average Bonchev–Trinajstić information content (AvgIpc) is 2.21. The maximum atomic E-state index is 12.0. The van der Waals surface area contributed by atoms with Crippen LogP contribution in [0.3, 0.4) is 0 Å². The summed E-state index contributed by atoms with van der Waals surface area (Å²) in [4.78, 5) is 24.7. The number of likely N-dealkylation sites (N-methyl/N-ethyl adjacent to an activating group) is 1. The summed E-state index contributed by atoms with van der Waals surface area (Å²) >= 11 is 0. The molecule has 0 heterocycles. The Labute approximate surface area is 115 Å². The molecule has 0 aliphatic rings. The van der Waals surface area contributed by atoms with Crippen LogP contribution < -0.4 is 0 Å². The topological polar surface area (TPSA) is 66.8 Å². The highest BCUT2D eigenvalue weighted by atomic mass is 16.6. The molecule has 0 rings (SSSR count). The van der Waals surface area contributed by atoms with E-state index in [9.17, 15) is 14.7 Å². The van der Waals surface area contributed by atoms with E-state index < -0.39 is 23.2 Å². The lowest BCUT2D eigenvalue weighted by Gasteiger charge is -2.36. The third-order valence-electron chi connectivity index (χ3n) is 3.08. The summed E-state index contributed by atoms with van der Waals surface area (Å²) in [6.45, 7) is 10.9. The van der Waals surface area contributed by atoms with Gasteiger partial charge in [0.25, 0.3) is 0 Å². The SMILES string of the molecule is CC(C)CCC(C)(C(=O)O)N(C)C(=O)OC(C)(C)C. The minimum absolute atomic E-state index is 0.380. The molecule has 0 aliphatic heterocycles. The summed E-state index contributed by atoms with van der Waals surface area (Å²) in [6, 6.07) is 0. The zero-order chi connectivity index (χ0) is 15.4. The summed E-state index contributed by atoms with van der Waals surface area (Å²) in [7, 11) is 1.47. The van der Waals surface area contributed by atoms with Gasteiger partial charge >= 0.3 is 12.1 Å². The summed E-state index contributed by atoms with van der Waals surface area (Å²) in [5.74, 6) is -0.632. The van der Waals surface area contributed by atoms with Gasteiger partial charge in [0.15, 0.2) is 0 Å². The summed E-state index contributed by atoms with van der Waals surface area (Å²) in [5.41, 5.74) is -1.88. The van der Waals surface area contributed by atoms with Gasteiger partial charge < -0.3 is 9.84 Å². The zero-order valence-electron chi connectivity index (χ0n) is 13.1. The number of nitrogens with zero attached hydrogens (tertiary/aromatic N) is 1. The predicted molar refractivity (Wildman–Crippen MR) is 74.1 cm³/mol. The lowest BCUT2D eigenvalue weighted by Crippen LogP contribution is -2.54. The van der Waals surface area contributed by atoms with Gasteiger partial charge in [0.2, 0.25) is 0 Å². The molecule has 0 aromatic rings. The van der Waals surface area contributed by atoms with Crippen molar-refractivity contribution < 1.29 is 19.4 Å². The van der Waals surface area contributed by atoms with Crippen LogP contribution in [0, 0.1) is 5.92 Å². The molecular weight excluding hydrogens is 246 g/mol. The zero-order valence-corrected chi connectivity index (χ0v) is 13.1. The van der Waals surface area contributed by atoms with E-state index in [0.717, 1.165) is 6.42 Å².